The monoisotopic (exact) mass is 267 g/mol. The van der Waals surface area contributed by atoms with Gasteiger partial charge < -0.3 is 10.6 Å². The third-order valence-corrected chi connectivity index (χ3v) is 5.71. The zero-order valence-corrected chi connectivity index (χ0v) is 13.2. The summed E-state index contributed by atoms with van der Waals surface area (Å²) in [4.78, 5) is 5.09. The van der Waals surface area contributed by atoms with Crippen molar-refractivity contribution >= 4 is 0 Å². The van der Waals surface area contributed by atoms with E-state index < -0.39 is 0 Å². The van der Waals surface area contributed by atoms with Crippen LogP contribution in [0.2, 0.25) is 0 Å². The minimum absolute atomic E-state index is 0.292. The molecular weight excluding hydrogens is 234 g/mol. The Morgan fingerprint density at radius 2 is 2.11 bits per heavy atom. The smallest absolute Gasteiger partial charge is 0.0331 e. The van der Waals surface area contributed by atoms with E-state index in [4.69, 9.17) is 5.73 Å². The molecule has 112 valence electrons. The first-order valence-electron chi connectivity index (χ1n) is 8.19. The maximum atomic E-state index is 6.21. The van der Waals surface area contributed by atoms with Gasteiger partial charge in [0.15, 0.2) is 0 Å². The van der Waals surface area contributed by atoms with Crippen molar-refractivity contribution in [2.24, 2.45) is 17.6 Å². The summed E-state index contributed by atoms with van der Waals surface area (Å²) in [6, 6.07) is 0. The lowest BCUT2D eigenvalue weighted by Crippen LogP contribution is -2.56. The zero-order chi connectivity index (χ0) is 13.9. The fourth-order valence-electron chi connectivity index (χ4n) is 4.25. The van der Waals surface area contributed by atoms with Crippen molar-refractivity contribution in [3.8, 4) is 0 Å². The molecule has 2 fully saturated rings. The van der Waals surface area contributed by atoms with Crippen molar-refractivity contribution in [1.29, 1.82) is 0 Å². The average molecular weight is 267 g/mol. The topological polar surface area (TPSA) is 32.5 Å². The molecule has 0 aromatic carbocycles. The summed E-state index contributed by atoms with van der Waals surface area (Å²) < 4.78 is 0. The standard InChI is InChI=1S/C16H33N3/c1-4-14-6-5-8-16(10-14,13-17)19(3)12-15-7-9-18(2)11-15/h14-15H,4-13,17H2,1-3H3. The van der Waals surface area contributed by atoms with E-state index in [1.54, 1.807) is 0 Å². The molecule has 1 saturated heterocycles. The van der Waals surface area contributed by atoms with E-state index in [0.717, 1.165) is 18.4 Å². The second-order valence-corrected chi connectivity index (χ2v) is 7.10. The van der Waals surface area contributed by atoms with Crippen LogP contribution in [-0.4, -0.2) is 55.6 Å². The molecule has 1 heterocycles. The van der Waals surface area contributed by atoms with Gasteiger partial charge in [0.2, 0.25) is 0 Å². The van der Waals surface area contributed by atoms with Crippen LogP contribution in [0.15, 0.2) is 0 Å². The quantitative estimate of drug-likeness (QED) is 0.828. The molecule has 3 heteroatoms. The maximum absolute atomic E-state index is 6.21. The van der Waals surface area contributed by atoms with Gasteiger partial charge >= 0.3 is 0 Å². The Hall–Kier alpha value is -0.120. The summed E-state index contributed by atoms with van der Waals surface area (Å²) in [6.07, 6.45) is 8.08. The molecule has 0 amide bonds. The van der Waals surface area contributed by atoms with Crippen LogP contribution in [0.1, 0.15) is 45.4 Å². The molecule has 0 aromatic heterocycles. The molecule has 2 rings (SSSR count). The van der Waals surface area contributed by atoms with Gasteiger partial charge in [-0.2, -0.15) is 0 Å². The number of hydrogen-bond donors (Lipinski definition) is 1. The van der Waals surface area contributed by atoms with Crippen LogP contribution in [-0.2, 0) is 0 Å². The van der Waals surface area contributed by atoms with E-state index in [0.29, 0.717) is 5.54 Å². The summed E-state index contributed by atoms with van der Waals surface area (Å²) in [6.45, 7) is 6.94. The number of likely N-dealkylation sites (tertiary alicyclic amines) is 1. The van der Waals surface area contributed by atoms with Crippen molar-refractivity contribution < 1.29 is 0 Å². The van der Waals surface area contributed by atoms with E-state index in [1.165, 1.54) is 58.2 Å². The average Bonchev–Trinajstić information content (AvgIpc) is 2.84. The molecule has 19 heavy (non-hydrogen) atoms. The van der Waals surface area contributed by atoms with Gasteiger partial charge in [-0.3, -0.25) is 4.90 Å². The van der Waals surface area contributed by atoms with Gasteiger partial charge in [-0.1, -0.05) is 26.2 Å². The molecule has 1 aliphatic heterocycles. The molecular formula is C16H33N3. The lowest BCUT2D eigenvalue weighted by atomic mass is 9.73. The Morgan fingerprint density at radius 3 is 2.68 bits per heavy atom. The van der Waals surface area contributed by atoms with Gasteiger partial charge in [0.25, 0.3) is 0 Å². The van der Waals surface area contributed by atoms with E-state index in [1.807, 2.05) is 0 Å². The lowest BCUT2D eigenvalue weighted by molar-refractivity contribution is 0.0453. The summed E-state index contributed by atoms with van der Waals surface area (Å²) in [7, 11) is 4.57. The fourth-order valence-corrected chi connectivity index (χ4v) is 4.25. The summed E-state index contributed by atoms with van der Waals surface area (Å²) >= 11 is 0. The summed E-state index contributed by atoms with van der Waals surface area (Å²) in [5, 5.41) is 0. The van der Waals surface area contributed by atoms with E-state index in [-0.39, 0.29) is 0 Å². The minimum atomic E-state index is 0.292. The molecule has 2 N–H and O–H groups in total. The molecule has 3 unspecified atom stereocenters. The van der Waals surface area contributed by atoms with Crippen molar-refractivity contribution in [1.82, 2.24) is 9.80 Å². The van der Waals surface area contributed by atoms with Gasteiger partial charge in [-0.25, -0.2) is 0 Å². The SMILES string of the molecule is CCC1CCCC(CN)(N(C)CC2CCN(C)C2)C1. The van der Waals surface area contributed by atoms with Crippen LogP contribution in [0.4, 0.5) is 0 Å². The molecule has 3 nitrogen and oxygen atoms in total. The van der Waals surface area contributed by atoms with Crippen molar-refractivity contribution in [2.75, 3.05) is 40.3 Å². The highest BCUT2D eigenvalue weighted by Crippen LogP contribution is 2.37. The van der Waals surface area contributed by atoms with E-state index in [9.17, 15) is 0 Å². The Labute approximate surface area is 119 Å². The molecule has 1 saturated carbocycles. The van der Waals surface area contributed by atoms with Crippen molar-refractivity contribution in [2.45, 2.75) is 51.0 Å². The van der Waals surface area contributed by atoms with Gasteiger partial charge in [0, 0.05) is 25.2 Å². The number of rotatable bonds is 5. The third kappa shape index (κ3) is 3.50. The van der Waals surface area contributed by atoms with Crippen LogP contribution >= 0.6 is 0 Å². The van der Waals surface area contributed by atoms with Gasteiger partial charge in [0.05, 0.1) is 0 Å². The highest BCUT2D eigenvalue weighted by molar-refractivity contribution is 4.96. The molecule has 0 bridgehead atoms. The van der Waals surface area contributed by atoms with Crippen molar-refractivity contribution in [3.63, 3.8) is 0 Å². The largest absolute Gasteiger partial charge is 0.329 e. The number of hydrogen-bond acceptors (Lipinski definition) is 3. The van der Waals surface area contributed by atoms with E-state index in [2.05, 4.69) is 30.8 Å². The normalized spacial score (nSPS) is 37.1. The molecule has 0 spiro atoms. The number of nitrogens with zero attached hydrogens (tertiary/aromatic N) is 2. The Morgan fingerprint density at radius 1 is 1.32 bits per heavy atom. The first kappa shape index (κ1) is 15.3. The van der Waals surface area contributed by atoms with Crippen LogP contribution < -0.4 is 5.73 Å². The van der Waals surface area contributed by atoms with Gasteiger partial charge in [-0.05, 0) is 51.7 Å². The highest BCUT2D eigenvalue weighted by atomic mass is 15.2. The van der Waals surface area contributed by atoms with Crippen LogP contribution in [0.5, 0.6) is 0 Å². The number of nitrogens with two attached hydrogens (primary N) is 1. The van der Waals surface area contributed by atoms with Crippen molar-refractivity contribution in [3.05, 3.63) is 0 Å². The van der Waals surface area contributed by atoms with Crippen LogP contribution in [0, 0.1) is 11.8 Å². The zero-order valence-electron chi connectivity index (χ0n) is 13.2. The van der Waals surface area contributed by atoms with Gasteiger partial charge in [0.1, 0.15) is 0 Å². The second kappa shape index (κ2) is 6.55. The van der Waals surface area contributed by atoms with Crippen LogP contribution in [0.25, 0.3) is 0 Å². The summed E-state index contributed by atoms with van der Waals surface area (Å²) in [5.41, 5.74) is 6.50. The molecule has 1 aliphatic carbocycles. The minimum Gasteiger partial charge on any atom is -0.329 e. The van der Waals surface area contributed by atoms with Crippen LogP contribution in [0.3, 0.4) is 0 Å². The summed E-state index contributed by atoms with van der Waals surface area (Å²) in [5.74, 6) is 1.74. The van der Waals surface area contributed by atoms with Gasteiger partial charge in [-0.15, -0.1) is 0 Å². The Balaban J connectivity index is 1.95. The highest BCUT2D eigenvalue weighted by Gasteiger charge is 2.39. The Kier molecular flexibility index (Phi) is 5.27. The molecule has 0 radical (unpaired) electrons. The molecule has 0 aromatic rings. The Bertz CT molecular complexity index is 281. The van der Waals surface area contributed by atoms with E-state index >= 15 is 0 Å². The lowest BCUT2D eigenvalue weighted by Gasteiger charge is -2.47. The molecule has 3 atom stereocenters. The second-order valence-electron chi connectivity index (χ2n) is 7.10. The predicted molar refractivity (Wildman–Crippen MR) is 82.3 cm³/mol. The first-order valence-corrected chi connectivity index (χ1v) is 8.19. The molecule has 2 aliphatic rings. The maximum Gasteiger partial charge on any atom is 0.0331 e. The number of likely N-dealkylation sites (N-methyl/N-ethyl adjacent to an activating group) is 1. The first-order chi connectivity index (χ1) is 9.09. The predicted octanol–water partition coefficient (Wildman–Crippen LogP) is 2.17. The third-order valence-electron chi connectivity index (χ3n) is 5.71. The fraction of sp³-hybridized carbons (Fsp3) is 1.00.